The molecule has 0 bridgehead atoms. The van der Waals surface area contributed by atoms with Crippen molar-refractivity contribution in [3.8, 4) is 0 Å². The molecule has 0 aliphatic rings. The van der Waals surface area contributed by atoms with Crippen LogP contribution in [0.25, 0.3) is 0 Å². The zero-order chi connectivity index (χ0) is 5.11. The van der Waals surface area contributed by atoms with E-state index in [0.29, 0.717) is 0 Å². The molecule has 0 amide bonds. The predicted molar refractivity (Wildman–Crippen MR) is 30.7 cm³/mol. The highest BCUT2D eigenvalue weighted by Gasteiger charge is 1.78. The zero-order valence-corrected chi connectivity index (χ0v) is 4.91. The average molecular weight is 114 g/mol. The van der Waals surface area contributed by atoms with Gasteiger partial charge in [-0.25, -0.2) is 4.98 Å². The van der Waals surface area contributed by atoms with Crippen LogP contribution in [0.15, 0.2) is 12.7 Å². The second kappa shape index (κ2) is 3.15. The fourth-order valence-corrected chi connectivity index (χ4v) is 0.396. The van der Waals surface area contributed by atoms with E-state index in [1.165, 1.54) is 6.33 Å². The Balaban J connectivity index is 0.000000490. The van der Waals surface area contributed by atoms with E-state index >= 15 is 0 Å². The Bertz CT molecular complexity index is 123. The van der Waals surface area contributed by atoms with Gasteiger partial charge in [-0.1, -0.05) is 0 Å². The van der Waals surface area contributed by atoms with Gasteiger partial charge in [0.2, 0.25) is 0 Å². The molecule has 0 radical (unpaired) electrons. The molecule has 0 saturated carbocycles. The van der Waals surface area contributed by atoms with Crippen LogP contribution in [0.5, 0.6) is 0 Å². The Morgan fingerprint density at radius 2 is 2.38 bits per heavy atom. The smallest absolute Gasteiger partial charge is 0.137 e. The summed E-state index contributed by atoms with van der Waals surface area (Å²) in [6.07, 6.45) is 3.23. The Hall–Kier alpha value is -0.900. The normalized spacial score (nSPS) is 8.12. The predicted octanol–water partition coefficient (Wildman–Crippen LogP) is 0.460. The van der Waals surface area contributed by atoms with Crippen LogP contribution < -0.4 is 6.15 Å². The number of hydrogen-bond donors (Lipinski definition) is 1. The molecule has 0 aromatic carbocycles. The van der Waals surface area contributed by atoms with Crippen LogP contribution in [-0.4, -0.2) is 14.8 Å². The first-order valence-corrected chi connectivity index (χ1v) is 2.26. The van der Waals surface area contributed by atoms with E-state index in [1.54, 1.807) is 11.0 Å². The first kappa shape index (κ1) is 7.10. The fraction of sp³-hybridized carbons (Fsp3) is 0.500. The van der Waals surface area contributed by atoms with Crippen molar-refractivity contribution in [2.75, 3.05) is 0 Å². The molecule has 3 N–H and O–H groups in total. The molecular weight excluding hydrogens is 104 g/mol. The van der Waals surface area contributed by atoms with E-state index in [4.69, 9.17) is 0 Å². The lowest BCUT2D eigenvalue weighted by molar-refractivity contribution is 0.658. The van der Waals surface area contributed by atoms with Gasteiger partial charge in [0.25, 0.3) is 0 Å². The van der Waals surface area contributed by atoms with E-state index < -0.39 is 0 Å². The average Bonchev–Trinajstić information content (AvgIpc) is 2.14. The van der Waals surface area contributed by atoms with Crippen LogP contribution in [0.3, 0.4) is 0 Å². The monoisotopic (exact) mass is 114 g/mol. The summed E-state index contributed by atoms with van der Waals surface area (Å²) in [6, 6.07) is 0. The Morgan fingerprint density at radius 3 is 2.62 bits per heavy atom. The van der Waals surface area contributed by atoms with Crippen LogP contribution in [0.1, 0.15) is 6.92 Å². The summed E-state index contributed by atoms with van der Waals surface area (Å²) in [5.41, 5.74) is 0. The van der Waals surface area contributed by atoms with Gasteiger partial charge in [0.05, 0.1) is 0 Å². The van der Waals surface area contributed by atoms with Crippen molar-refractivity contribution in [1.29, 1.82) is 0 Å². The summed E-state index contributed by atoms with van der Waals surface area (Å²) in [4.78, 5) is 3.74. The van der Waals surface area contributed by atoms with Crippen molar-refractivity contribution in [2.24, 2.45) is 0 Å². The van der Waals surface area contributed by atoms with Gasteiger partial charge in [0, 0.05) is 6.54 Å². The van der Waals surface area contributed by atoms with Crippen molar-refractivity contribution in [3.63, 3.8) is 0 Å². The van der Waals surface area contributed by atoms with Gasteiger partial charge < -0.3 is 6.15 Å². The van der Waals surface area contributed by atoms with Crippen LogP contribution in [0.4, 0.5) is 0 Å². The van der Waals surface area contributed by atoms with Crippen LogP contribution in [-0.2, 0) is 6.54 Å². The maximum absolute atomic E-state index is 3.84. The number of nitrogens with zero attached hydrogens (tertiary/aromatic N) is 3. The molecule has 1 aromatic heterocycles. The second-order valence-electron chi connectivity index (χ2n) is 1.25. The number of aryl methyl sites for hydroxylation is 1. The van der Waals surface area contributed by atoms with E-state index in [2.05, 4.69) is 10.1 Å². The summed E-state index contributed by atoms with van der Waals surface area (Å²) in [5.74, 6) is 0. The SMILES string of the molecule is CCn1cncn1.N. The largest absolute Gasteiger partial charge is 0.344 e. The molecule has 0 saturated heterocycles. The van der Waals surface area contributed by atoms with E-state index in [-0.39, 0.29) is 6.15 Å². The third-order valence-corrected chi connectivity index (χ3v) is 0.791. The molecule has 0 fully saturated rings. The topological polar surface area (TPSA) is 65.7 Å². The minimum absolute atomic E-state index is 0. The molecule has 1 rings (SSSR count). The number of aromatic nitrogens is 3. The van der Waals surface area contributed by atoms with E-state index in [0.717, 1.165) is 6.54 Å². The molecule has 4 heteroatoms. The lowest BCUT2D eigenvalue weighted by Crippen LogP contribution is -1.91. The first-order chi connectivity index (χ1) is 3.43. The molecule has 8 heavy (non-hydrogen) atoms. The Morgan fingerprint density at radius 1 is 1.62 bits per heavy atom. The van der Waals surface area contributed by atoms with Crippen LogP contribution >= 0.6 is 0 Å². The lowest BCUT2D eigenvalue weighted by atomic mass is 10.8. The van der Waals surface area contributed by atoms with Gasteiger partial charge in [0.15, 0.2) is 0 Å². The minimum atomic E-state index is 0. The van der Waals surface area contributed by atoms with Crippen molar-refractivity contribution < 1.29 is 0 Å². The highest BCUT2D eigenvalue weighted by atomic mass is 15.3. The first-order valence-electron chi connectivity index (χ1n) is 2.26. The van der Waals surface area contributed by atoms with Gasteiger partial charge in [-0.3, -0.25) is 4.68 Å². The highest BCUT2D eigenvalue weighted by Crippen LogP contribution is 1.74. The Kier molecular flexibility index (Phi) is 2.79. The third kappa shape index (κ3) is 1.31. The molecule has 0 aliphatic heterocycles. The standard InChI is InChI=1S/C4H7N3.H3N/c1-2-7-4-5-3-6-7;/h3-4H,2H2,1H3;1H3. The molecule has 0 spiro atoms. The van der Waals surface area contributed by atoms with Crippen molar-refractivity contribution in [1.82, 2.24) is 20.9 Å². The second-order valence-corrected chi connectivity index (χ2v) is 1.25. The number of hydrogen-bond acceptors (Lipinski definition) is 3. The Labute approximate surface area is 48.1 Å². The minimum Gasteiger partial charge on any atom is -0.344 e. The van der Waals surface area contributed by atoms with Gasteiger partial charge in [-0.2, -0.15) is 5.10 Å². The van der Waals surface area contributed by atoms with Crippen molar-refractivity contribution in [2.45, 2.75) is 13.5 Å². The fourth-order valence-electron chi connectivity index (χ4n) is 0.396. The molecule has 46 valence electrons. The summed E-state index contributed by atoms with van der Waals surface area (Å²) in [5, 5.41) is 3.84. The molecule has 1 heterocycles. The summed E-state index contributed by atoms with van der Waals surface area (Å²) in [6.45, 7) is 2.93. The third-order valence-electron chi connectivity index (χ3n) is 0.791. The molecule has 0 aliphatic carbocycles. The highest BCUT2D eigenvalue weighted by molar-refractivity contribution is 4.52. The lowest BCUT2D eigenvalue weighted by Gasteiger charge is -1.85. The van der Waals surface area contributed by atoms with Crippen LogP contribution in [0, 0.1) is 0 Å². The van der Waals surface area contributed by atoms with E-state index in [9.17, 15) is 0 Å². The summed E-state index contributed by atoms with van der Waals surface area (Å²) >= 11 is 0. The molecule has 0 atom stereocenters. The van der Waals surface area contributed by atoms with Gasteiger partial charge >= 0.3 is 0 Å². The van der Waals surface area contributed by atoms with Gasteiger partial charge in [-0.05, 0) is 6.92 Å². The maximum atomic E-state index is 3.84. The quantitative estimate of drug-likeness (QED) is 0.576. The van der Waals surface area contributed by atoms with Gasteiger partial charge in [-0.15, -0.1) is 0 Å². The summed E-state index contributed by atoms with van der Waals surface area (Å²) < 4.78 is 1.76. The van der Waals surface area contributed by atoms with Crippen molar-refractivity contribution >= 4 is 0 Å². The molecule has 4 nitrogen and oxygen atoms in total. The molecular formula is C4H10N4. The number of rotatable bonds is 1. The van der Waals surface area contributed by atoms with Crippen LogP contribution in [0.2, 0.25) is 0 Å². The summed E-state index contributed by atoms with van der Waals surface area (Å²) in [7, 11) is 0. The zero-order valence-electron chi connectivity index (χ0n) is 4.91. The molecule has 0 unspecified atom stereocenters. The van der Waals surface area contributed by atoms with Crippen molar-refractivity contribution in [3.05, 3.63) is 12.7 Å². The molecule has 1 aromatic rings. The van der Waals surface area contributed by atoms with E-state index in [1.807, 2.05) is 6.92 Å². The van der Waals surface area contributed by atoms with Gasteiger partial charge in [0.1, 0.15) is 12.7 Å². The maximum Gasteiger partial charge on any atom is 0.137 e.